The maximum atomic E-state index is 13.8. The van der Waals surface area contributed by atoms with E-state index in [1.165, 1.54) is 0 Å². The summed E-state index contributed by atoms with van der Waals surface area (Å²) in [6, 6.07) is 9.04. The highest BCUT2D eigenvalue weighted by atomic mass is 35.5. The van der Waals surface area contributed by atoms with E-state index in [0.29, 0.717) is 60.2 Å². The molecule has 45 heavy (non-hydrogen) atoms. The number of amides is 3. The van der Waals surface area contributed by atoms with Crippen LogP contribution in [0.1, 0.15) is 67.7 Å². The molecule has 0 spiro atoms. The lowest BCUT2D eigenvalue weighted by molar-refractivity contribution is -0.144. The number of likely N-dealkylation sites (tertiary alicyclic amines) is 2. The van der Waals surface area contributed by atoms with Crippen LogP contribution in [0.4, 0.5) is 5.69 Å². The van der Waals surface area contributed by atoms with E-state index in [1.54, 1.807) is 29.1 Å². The molecule has 1 aliphatic carbocycles. The second-order valence-corrected chi connectivity index (χ2v) is 13.6. The Bertz CT molecular complexity index is 1570. The minimum absolute atomic E-state index is 0.0205. The molecule has 1 aromatic heterocycles. The molecule has 0 bridgehead atoms. The number of aromatic nitrogens is 3. The first-order valence-electron chi connectivity index (χ1n) is 16.0. The van der Waals surface area contributed by atoms with Crippen LogP contribution in [-0.4, -0.2) is 68.2 Å². The van der Waals surface area contributed by atoms with Crippen molar-refractivity contribution in [1.82, 2.24) is 24.8 Å². The fourth-order valence-corrected chi connectivity index (χ4v) is 8.14. The standard InChI is InChI=1S/C34H40Cl2N6O3/c1-20-17-21(2)31(22(3)18-20)37-32(43)24-7-4-5-8-25(24)33(44)40-14-11-23(12-15-40)41-16-13-29(34(41)45)42-19-28(38-39-42)30-26(35)9-6-10-27(30)36/h6,9-10,17-19,23-25,29H,4-5,7-8,11-16H2,1-3H3,(H,37,43). The Morgan fingerprint density at radius 3 is 2.20 bits per heavy atom. The lowest BCUT2D eigenvalue weighted by Gasteiger charge is -2.40. The Labute approximate surface area is 274 Å². The van der Waals surface area contributed by atoms with Crippen molar-refractivity contribution < 1.29 is 14.4 Å². The normalized spacial score (nSPS) is 22.6. The topological polar surface area (TPSA) is 100 Å². The largest absolute Gasteiger partial charge is 0.342 e. The summed E-state index contributed by atoms with van der Waals surface area (Å²) in [6.45, 7) is 7.86. The summed E-state index contributed by atoms with van der Waals surface area (Å²) in [5, 5.41) is 12.6. The first kappa shape index (κ1) is 31.5. The molecule has 3 unspecified atom stereocenters. The van der Waals surface area contributed by atoms with Gasteiger partial charge in [-0.1, -0.05) is 65.0 Å². The highest BCUT2D eigenvalue weighted by Crippen LogP contribution is 2.37. The maximum Gasteiger partial charge on any atom is 0.247 e. The van der Waals surface area contributed by atoms with Crippen molar-refractivity contribution in [2.24, 2.45) is 11.8 Å². The molecule has 1 saturated carbocycles. The molecule has 3 heterocycles. The Morgan fingerprint density at radius 2 is 1.53 bits per heavy atom. The third-order valence-electron chi connectivity index (χ3n) is 9.82. The zero-order chi connectivity index (χ0) is 31.8. The van der Waals surface area contributed by atoms with Crippen molar-refractivity contribution in [2.75, 3.05) is 25.0 Å². The van der Waals surface area contributed by atoms with Gasteiger partial charge in [0.25, 0.3) is 0 Å². The molecule has 2 aromatic carbocycles. The van der Waals surface area contributed by atoms with Crippen LogP contribution < -0.4 is 5.32 Å². The van der Waals surface area contributed by atoms with Gasteiger partial charge in [-0.05, 0) is 76.1 Å². The predicted octanol–water partition coefficient (Wildman–Crippen LogP) is 6.39. The molecule has 3 fully saturated rings. The van der Waals surface area contributed by atoms with Crippen molar-refractivity contribution in [3.8, 4) is 11.3 Å². The van der Waals surface area contributed by atoms with Crippen LogP contribution in [0.2, 0.25) is 10.0 Å². The summed E-state index contributed by atoms with van der Waals surface area (Å²) < 4.78 is 1.61. The summed E-state index contributed by atoms with van der Waals surface area (Å²) in [5.74, 6) is -0.609. The summed E-state index contributed by atoms with van der Waals surface area (Å²) in [4.78, 5) is 44.8. The number of anilines is 1. The second-order valence-electron chi connectivity index (χ2n) is 12.8. The number of nitrogens with one attached hydrogen (secondary N) is 1. The molecule has 0 radical (unpaired) electrons. The quantitative estimate of drug-likeness (QED) is 0.333. The van der Waals surface area contributed by atoms with E-state index in [-0.39, 0.29) is 35.6 Å². The van der Waals surface area contributed by atoms with E-state index in [4.69, 9.17) is 23.2 Å². The number of piperidine rings is 1. The van der Waals surface area contributed by atoms with Crippen molar-refractivity contribution in [3.05, 3.63) is 63.3 Å². The highest BCUT2D eigenvalue weighted by Gasteiger charge is 2.42. The fourth-order valence-electron chi connectivity index (χ4n) is 7.55. The van der Waals surface area contributed by atoms with Crippen LogP contribution >= 0.6 is 23.2 Å². The SMILES string of the molecule is Cc1cc(C)c(NC(=O)C2CCCCC2C(=O)N2CCC(N3CCC(n4cc(-c5c(Cl)cccc5Cl)nn4)C3=O)CC2)c(C)c1. The van der Waals surface area contributed by atoms with Gasteiger partial charge in [0.15, 0.2) is 0 Å². The number of nitrogens with zero attached hydrogens (tertiary/aromatic N) is 5. The average molecular weight is 652 g/mol. The Balaban J connectivity index is 1.06. The van der Waals surface area contributed by atoms with E-state index in [9.17, 15) is 14.4 Å². The number of rotatable bonds is 6. The molecule has 3 aromatic rings. The minimum Gasteiger partial charge on any atom is -0.342 e. The smallest absolute Gasteiger partial charge is 0.247 e. The van der Waals surface area contributed by atoms with E-state index < -0.39 is 6.04 Å². The predicted molar refractivity (Wildman–Crippen MR) is 175 cm³/mol. The van der Waals surface area contributed by atoms with Gasteiger partial charge in [0.2, 0.25) is 17.7 Å². The molecule has 9 nitrogen and oxygen atoms in total. The number of aryl methyl sites for hydroxylation is 3. The zero-order valence-electron chi connectivity index (χ0n) is 26.1. The number of benzene rings is 2. The van der Waals surface area contributed by atoms with Gasteiger partial charge < -0.3 is 15.1 Å². The second kappa shape index (κ2) is 13.1. The monoisotopic (exact) mass is 650 g/mol. The van der Waals surface area contributed by atoms with E-state index >= 15 is 0 Å². The third-order valence-corrected chi connectivity index (χ3v) is 10.5. The molecule has 6 rings (SSSR count). The minimum atomic E-state index is -0.436. The van der Waals surface area contributed by atoms with Crippen LogP contribution in [0.5, 0.6) is 0 Å². The molecule has 238 valence electrons. The number of halogens is 2. The van der Waals surface area contributed by atoms with Gasteiger partial charge in [0, 0.05) is 48.8 Å². The van der Waals surface area contributed by atoms with Crippen LogP contribution in [0.25, 0.3) is 11.3 Å². The molecular weight excluding hydrogens is 611 g/mol. The third kappa shape index (κ3) is 6.34. The van der Waals surface area contributed by atoms with Gasteiger partial charge in [-0.2, -0.15) is 0 Å². The van der Waals surface area contributed by atoms with Crippen molar-refractivity contribution in [2.45, 2.75) is 77.8 Å². The van der Waals surface area contributed by atoms with Crippen molar-refractivity contribution >= 4 is 46.6 Å². The van der Waals surface area contributed by atoms with Gasteiger partial charge in [-0.25, -0.2) is 4.68 Å². The molecule has 11 heteroatoms. The van der Waals surface area contributed by atoms with Crippen LogP contribution in [0, 0.1) is 32.6 Å². The molecule has 2 aliphatic heterocycles. The molecule has 2 saturated heterocycles. The Kier molecular flexibility index (Phi) is 9.20. The zero-order valence-corrected chi connectivity index (χ0v) is 27.6. The Morgan fingerprint density at radius 1 is 0.889 bits per heavy atom. The van der Waals surface area contributed by atoms with Gasteiger partial charge in [-0.3, -0.25) is 14.4 Å². The summed E-state index contributed by atoms with van der Waals surface area (Å²) >= 11 is 12.7. The van der Waals surface area contributed by atoms with Gasteiger partial charge in [-0.15, -0.1) is 5.10 Å². The molecule has 3 amide bonds. The molecule has 3 aliphatic rings. The van der Waals surface area contributed by atoms with E-state index in [0.717, 1.165) is 48.1 Å². The summed E-state index contributed by atoms with van der Waals surface area (Å²) in [6.07, 6.45) is 7.16. The molecular formula is C34H40Cl2N6O3. The average Bonchev–Trinajstić information content (AvgIpc) is 3.65. The molecule has 1 N–H and O–H groups in total. The number of carbonyl (C=O) groups excluding carboxylic acids is 3. The number of hydrogen-bond donors (Lipinski definition) is 1. The van der Waals surface area contributed by atoms with Crippen LogP contribution in [0.3, 0.4) is 0 Å². The van der Waals surface area contributed by atoms with Gasteiger partial charge >= 0.3 is 0 Å². The number of hydrogen-bond acceptors (Lipinski definition) is 5. The van der Waals surface area contributed by atoms with E-state index in [2.05, 4.69) is 34.7 Å². The maximum absolute atomic E-state index is 13.8. The summed E-state index contributed by atoms with van der Waals surface area (Å²) in [7, 11) is 0. The lowest BCUT2D eigenvalue weighted by Crippen LogP contribution is -2.50. The Hall–Kier alpha value is -3.43. The molecule has 3 atom stereocenters. The summed E-state index contributed by atoms with van der Waals surface area (Å²) in [5.41, 5.74) is 5.22. The van der Waals surface area contributed by atoms with Crippen molar-refractivity contribution in [3.63, 3.8) is 0 Å². The van der Waals surface area contributed by atoms with Gasteiger partial charge in [0.1, 0.15) is 11.7 Å². The lowest BCUT2D eigenvalue weighted by atomic mass is 9.77. The number of carbonyl (C=O) groups is 3. The fraction of sp³-hybridized carbons (Fsp3) is 0.500. The van der Waals surface area contributed by atoms with E-state index in [1.807, 2.05) is 23.6 Å². The first-order chi connectivity index (χ1) is 21.6. The van der Waals surface area contributed by atoms with Crippen LogP contribution in [0.15, 0.2) is 36.5 Å². The van der Waals surface area contributed by atoms with Gasteiger partial charge in [0.05, 0.1) is 16.2 Å². The highest BCUT2D eigenvalue weighted by molar-refractivity contribution is 6.39. The van der Waals surface area contributed by atoms with Crippen LogP contribution in [-0.2, 0) is 14.4 Å². The first-order valence-corrected chi connectivity index (χ1v) is 16.7. The van der Waals surface area contributed by atoms with Crippen molar-refractivity contribution in [1.29, 1.82) is 0 Å².